The maximum atomic E-state index is 13.8. The van der Waals surface area contributed by atoms with E-state index in [9.17, 15) is 68.1 Å². The predicted molar refractivity (Wildman–Crippen MR) is 237 cm³/mol. The Morgan fingerprint density at radius 1 is 0.676 bits per heavy atom. The van der Waals surface area contributed by atoms with Crippen LogP contribution in [0, 0.1) is 11.8 Å². The van der Waals surface area contributed by atoms with Gasteiger partial charge in [0.25, 0.3) is 0 Å². The Balaban J connectivity index is 1.70. The van der Waals surface area contributed by atoms with Crippen molar-refractivity contribution in [2.24, 2.45) is 23.3 Å². The van der Waals surface area contributed by atoms with Gasteiger partial charge in [-0.2, -0.15) is 0 Å². The first-order chi connectivity index (χ1) is 31.9. The maximum absolute atomic E-state index is 13.8. The number of carbonyl (C=O) groups is 11. The van der Waals surface area contributed by atoms with Crippen molar-refractivity contribution in [1.29, 1.82) is 0 Å². The van der Waals surface area contributed by atoms with Gasteiger partial charge in [-0.1, -0.05) is 27.7 Å². The van der Waals surface area contributed by atoms with E-state index in [1.54, 1.807) is 27.7 Å². The fourth-order valence-corrected chi connectivity index (χ4v) is 7.86. The van der Waals surface area contributed by atoms with Gasteiger partial charge in [0.1, 0.15) is 48.3 Å². The van der Waals surface area contributed by atoms with Gasteiger partial charge in [0.2, 0.25) is 53.2 Å². The molecule has 3 heterocycles. The Bertz CT molecular complexity index is 2000. The highest BCUT2D eigenvalue weighted by atomic mass is 16.4. The summed E-state index contributed by atoms with van der Waals surface area (Å²) in [6.45, 7) is 7.40. The number of hydrogen-bond acceptors (Lipinski definition) is 14. The minimum Gasteiger partial charge on any atom is -0.481 e. The van der Waals surface area contributed by atoms with Crippen molar-refractivity contribution in [3.05, 3.63) is 18.2 Å². The lowest BCUT2D eigenvalue weighted by atomic mass is 10.0. The zero-order valence-electron chi connectivity index (χ0n) is 38.8. The molecule has 2 saturated heterocycles. The quantitative estimate of drug-likeness (QED) is 0.0418. The second kappa shape index (κ2) is 26.0. The molecule has 68 heavy (non-hydrogen) atoms. The van der Waals surface area contributed by atoms with Gasteiger partial charge in [-0.3, -0.25) is 47.9 Å². The number of imidazole rings is 1. The summed E-state index contributed by atoms with van der Waals surface area (Å²) >= 11 is 0. The van der Waals surface area contributed by atoms with Crippen LogP contribution in [0.4, 0.5) is 0 Å². The van der Waals surface area contributed by atoms with Crippen LogP contribution in [0.3, 0.4) is 0 Å². The van der Waals surface area contributed by atoms with E-state index < -0.39 is 139 Å². The summed E-state index contributed by atoms with van der Waals surface area (Å²) in [6.07, 6.45) is 2.39. The lowest BCUT2D eigenvalue weighted by Crippen LogP contribution is -2.60. The van der Waals surface area contributed by atoms with Crippen molar-refractivity contribution in [3.8, 4) is 0 Å². The molecule has 2 aliphatic heterocycles. The number of amides is 9. The Labute approximate surface area is 392 Å². The normalized spacial score (nSPS) is 18.8. The number of rotatable bonds is 26. The molecular formula is C42H66N12O14. The van der Waals surface area contributed by atoms with Crippen LogP contribution in [0.25, 0.3) is 0 Å². The molecule has 0 aliphatic carbocycles. The first kappa shape index (κ1) is 55.6. The lowest BCUT2D eigenvalue weighted by molar-refractivity contribution is -0.150. The van der Waals surface area contributed by atoms with Crippen molar-refractivity contribution in [2.75, 3.05) is 19.7 Å². The SMILES string of the molecule is CC(C)C[C@H](NC(=O)[C@H](CC(=O)O)NC(=O)[C@H](C)NC(=O)[C@H](CC(C)C)NC(=O)[C@@H]1CCCN1C(=O)[C@H](CC(N)=O)NC(=O)[C@@H](N)Cc1cnc[nH]1)C(=O)N[C@@H](CO)C(=O)N1CCC[C@H]1C(=O)O. The second-order valence-electron chi connectivity index (χ2n) is 17.9. The van der Waals surface area contributed by atoms with E-state index in [-0.39, 0.29) is 57.0 Å². The third kappa shape index (κ3) is 16.6. The molecular weight excluding hydrogens is 897 g/mol. The average Bonchev–Trinajstić information content (AvgIpc) is 4.06. The Morgan fingerprint density at radius 2 is 1.18 bits per heavy atom. The number of carboxylic acid groups (broad SMARTS) is 2. The fourth-order valence-electron chi connectivity index (χ4n) is 7.86. The number of aliphatic hydroxyl groups excluding tert-OH is 1. The number of nitrogens with one attached hydrogen (secondary N) is 7. The summed E-state index contributed by atoms with van der Waals surface area (Å²) in [5, 5.41) is 43.7. The fraction of sp³-hybridized carbons (Fsp3) is 0.667. The van der Waals surface area contributed by atoms with Crippen LogP contribution in [-0.4, -0.2) is 174 Å². The number of aliphatic hydroxyl groups is 1. The lowest BCUT2D eigenvalue weighted by Gasteiger charge is -2.30. The molecule has 2 fully saturated rings. The standard InChI is InChI=1S/C42H66N12O14/c1-20(2)12-25(50-39(64)30-8-6-10-53(30)40(65)28(15-32(44)56)51-35(60)24(43)14-23-17-45-19-46-23)36(61)47-22(5)34(59)48-27(16-33(57)58)38(63)49-26(13-21(3)4)37(62)52-29(18-55)41(66)54-11-7-9-31(54)42(67)68/h17,19-22,24-31,55H,6-16,18,43H2,1-5H3,(H2,44,56)(H,45,46)(H,47,61)(H,48,59)(H,49,63)(H,50,64)(H,51,60)(H,52,62)(H,57,58)(H,67,68)/t22-,24-,25-,26-,27-,28-,29-,30-,31-/m0/s1. The van der Waals surface area contributed by atoms with Gasteiger partial charge < -0.3 is 73.5 Å². The molecule has 1 aromatic rings. The minimum atomic E-state index is -1.80. The molecule has 3 rings (SSSR count). The first-order valence-corrected chi connectivity index (χ1v) is 22.4. The molecule has 0 radical (unpaired) electrons. The highest BCUT2D eigenvalue weighted by molar-refractivity contribution is 5.99. The molecule has 14 N–H and O–H groups in total. The number of H-pyrrole nitrogens is 1. The molecule has 0 unspecified atom stereocenters. The van der Waals surface area contributed by atoms with Crippen LogP contribution in [0.1, 0.15) is 91.7 Å². The molecule has 26 heteroatoms. The predicted octanol–water partition coefficient (Wildman–Crippen LogP) is -4.29. The van der Waals surface area contributed by atoms with Gasteiger partial charge in [-0.15, -0.1) is 0 Å². The third-order valence-electron chi connectivity index (χ3n) is 11.3. The number of primary amides is 1. The Kier molecular flexibility index (Phi) is 21.3. The van der Waals surface area contributed by atoms with Gasteiger partial charge >= 0.3 is 11.9 Å². The van der Waals surface area contributed by atoms with Crippen LogP contribution in [0.5, 0.6) is 0 Å². The molecule has 9 amide bonds. The summed E-state index contributed by atoms with van der Waals surface area (Å²) in [4.78, 5) is 152. The summed E-state index contributed by atoms with van der Waals surface area (Å²) < 4.78 is 0. The molecule has 378 valence electrons. The van der Waals surface area contributed by atoms with E-state index in [1.165, 1.54) is 24.3 Å². The zero-order chi connectivity index (χ0) is 51.0. The number of aliphatic carboxylic acids is 2. The van der Waals surface area contributed by atoms with Gasteiger partial charge in [0, 0.05) is 31.4 Å². The number of likely N-dealkylation sites (tertiary alicyclic amines) is 2. The van der Waals surface area contributed by atoms with Crippen molar-refractivity contribution in [1.82, 2.24) is 51.7 Å². The van der Waals surface area contributed by atoms with Gasteiger partial charge in [-0.05, 0) is 57.3 Å². The molecule has 0 aromatic carbocycles. The largest absolute Gasteiger partial charge is 0.481 e. The second-order valence-corrected chi connectivity index (χ2v) is 17.9. The molecule has 2 aliphatic rings. The molecule has 0 spiro atoms. The van der Waals surface area contributed by atoms with E-state index in [0.717, 1.165) is 4.90 Å². The number of aromatic nitrogens is 2. The maximum Gasteiger partial charge on any atom is 0.326 e. The Morgan fingerprint density at radius 3 is 1.71 bits per heavy atom. The van der Waals surface area contributed by atoms with Gasteiger partial charge in [0.05, 0.1) is 31.8 Å². The van der Waals surface area contributed by atoms with Crippen molar-refractivity contribution < 1.29 is 68.1 Å². The number of carboxylic acids is 2. The molecule has 0 bridgehead atoms. The van der Waals surface area contributed by atoms with E-state index in [2.05, 4.69) is 41.9 Å². The van der Waals surface area contributed by atoms with E-state index in [0.29, 0.717) is 18.5 Å². The van der Waals surface area contributed by atoms with Crippen LogP contribution >= 0.6 is 0 Å². The molecule has 1 aromatic heterocycles. The zero-order valence-corrected chi connectivity index (χ0v) is 38.8. The van der Waals surface area contributed by atoms with Crippen molar-refractivity contribution in [2.45, 2.75) is 147 Å². The summed E-state index contributed by atoms with van der Waals surface area (Å²) in [5.41, 5.74) is 12.0. The smallest absolute Gasteiger partial charge is 0.326 e. The number of carbonyl (C=O) groups excluding carboxylic acids is 9. The van der Waals surface area contributed by atoms with Crippen LogP contribution < -0.4 is 43.4 Å². The third-order valence-corrected chi connectivity index (χ3v) is 11.3. The van der Waals surface area contributed by atoms with Crippen molar-refractivity contribution in [3.63, 3.8) is 0 Å². The molecule has 0 saturated carbocycles. The van der Waals surface area contributed by atoms with Gasteiger partial charge in [-0.25, -0.2) is 9.78 Å². The number of nitrogens with two attached hydrogens (primary N) is 2. The summed E-state index contributed by atoms with van der Waals surface area (Å²) in [7, 11) is 0. The average molecular weight is 963 g/mol. The highest BCUT2D eigenvalue weighted by Gasteiger charge is 2.41. The van der Waals surface area contributed by atoms with Crippen LogP contribution in [-0.2, 0) is 59.2 Å². The Hall–Kier alpha value is -6.70. The summed E-state index contributed by atoms with van der Waals surface area (Å²) in [5.74, 6) is -11.2. The van der Waals surface area contributed by atoms with Gasteiger partial charge in [0.15, 0.2) is 0 Å². The van der Waals surface area contributed by atoms with Crippen molar-refractivity contribution >= 4 is 65.1 Å². The topological polar surface area (TPSA) is 408 Å². The monoisotopic (exact) mass is 962 g/mol. The molecule has 26 nitrogen and oxygen atoms in total. The van der Waals surface area contributed by atoms with E-state index in [4.69, 9.17) is 11.5 Å². The molecule has 9 atom stereocenters. The number of hydrogen-bond donors (Lipinski definition) is 12. The number of aromatic amines is 1. The van der Waals surface area contributed by atoms with E-state index >= 15 is 0 Å². The summed E-state index contributed by atoms with van der Waals surface area (Å²) in [6, 6.07) is -12.4. The van der Waals surface area contributed by atoms with Crippen LogP contribution in [0.2, 0.25) is 0 Å². The van der Waals surface area contributed by atoms with E-state index in [1.807, 2.05) is 0 Å². The van der Waals surface area contributed by atoms with Crippen LogP contribution in [0.15, 0.2) is 12.5 Å². The highest BCUT2D eigenvalue weighted by Crippen LogP contribution is 2.21. The number of nitrogens with zero attached hydrogens (tertiary/aromatic N) is 3. The minimum absolute atomic E-state index is 0.0348. The first-order valence-electron chi connectivity index (χ1n) is 22.4.